The van der Waals surface area contributed by atoms with E-state index in [1.165, 1.54) is 18.2 Å². The monoisotopic (exact) mass is 387 g/mol. The number of halogens is 2. The quantitative estimate of drug-likeness (QED) is 0.531. The molecule has 6 N–H and O–H groups in total. The molecule has 2 aliphatic rings. The highest BCUT2D eigenvalue weighted by Crippen LogP contribution is 2.64. The van der Waals surface area contributed by atoms with Crippen LogP contribution in [0.1, 0.15) is 6.42 Å². The second-order valence-corrected chi connectivity index (χ2v) is 7.20. The zero-order valence-corrected chi connectivity index (χ0v) is 14.2. The van der Waals surface area contributed by atoms with Crippen LogP contribution >= 0.6 is 23.2 Å². The van der Waals surface area contributed by atoms with Crippen molar-refractivity contribution in [1.29, 1.82) is 0 Å². The average molecular weight is 388 g/mol. The lowest BCUT2D eigenvalue weighted by molar-refractivity contribution is -0.146. The highest BCUT2D eigenvalue weighted by Gasteiger charge is 2.76. The maximum absolute atomic E-state index is 12.3. The minimum absolute atomic E-state index is 0.237. The number of aliphatic carboxylic acids is 2. The number of urea groups is 1. The Balaban J connectivity index is 1.80. The lowest BCUT2D eigenvalue weighted by atomic mass is 9.89. The molecule has 2 aliphatic carbocycles. The molecule has 0 spiro atoms. The molecule has 1 unspecified atom stereocenters. The first-order valence-electron chi connectivity index (χ1n) is 7.42. The molecule has 25 heavy (non-hydrogen) atoms. The van der Waals surface area contributed by atoms with Crippen molar-refractivity contribution in [2.75, 3.05) is 5.32 Å². The molecular formula is C15H15Cl2N3O5. The number of carboxylic acid groups (broad SMARTS) is 2. The summed E-state index contributed by atoms with van der Waals surface area (Å²) >= 11 is 11.7. The topological polar surface area (TPSA) is 142 Å². The molecule has 134 valence electrons. The highest BCUT2D eigenvalue weighted by molar-refractivity contribution is 6.35. The maximum Gasteiger partial charge on any atom is 0.319 e. The molecule has 0 heterocycles. The Morgan fingerprint density at radius 1 is 1.16 bits per heavy atom. The van der Waals surface area contributed by atoms with E-state index in [2.05, 4.69) is 10.6 Å². The number of anilines is 1. The van der Waals surface area contributed by atoms with Gasteiger partial charge in [-0.15, -0.1) is 0 Å². The second kappa shape index (κ2) is 6.05. The number of amides is 2. The number of carbonyl (C=O) groups excluding carboxylic acids is 1. The number of hydrogen-bond acceptors (Lipinski definition) is 4. The number of nitrogens with two attached hydrogens (primary N) is 1. The largest absolute Gasteiger partial charge is 0.481 e. The van der Waals surface area contributed by atoms with Crippen molar-refractivity contribution in [3.63, 3.8) is 0 Å². The molecule has 0 saturated heterocycles. The van der Waals surface area contributed by atoms with E-state index in [0.717, 1.165) is 0 Å². The summed E-state index contributed by atoms with van der Waals surface area (Å²) < 4.78 is 0. The van der Waals surface area contributed by atoms with Crippen molar-refractivity contribution in [2.45, 2.75) is 18.5 Å². The third-order valence-corrected chi connectivity index (χ3v) is 5.38. The molecule has 2 saturated carbocycles. The van der Waals surface area contributed by atoms with Gasteiger partial charge in [-0.25, -0.2) is 4.79 Å². The maximum atomic E-state index is 12.3. The molecule has 0 aliphatic heterocycles. The lowest BCUT2D eigenvalue weighted by Crippen LogP contribution is -2.52. The molecule has 0 aromatic heterocycles. The Morgan fingerprint density at radius 3 is 2.28 bits per heavy atom. The number of hydrogen-bond donors (Lipinski definition) is 5. The fourth-order valence-electron chi connectivity index (χ4n) is 3.77. The van der Waals surface area contributed by atoms with Crippen molar-refractivity contribution in [2.24, 2.45) is 23.0 Å². The minimum Gasteiger partial charge on any atom is -0.481 e. The van der Waals surface area contributed by atoms with E-state index >= 15 is 0 Å². The van der Waals surface area contributed by atoms with Crippen LogP contribution in [0.15, 0.2) is 18.2 Å². The van der Waals surface area contributed by atoms with Crippen molar-refractivity contribution in [3.05, 3.63) is 28.2 Å². The fourth-order valence-corrected chi connectivity index (χ4v) is 4.30. The SMILES string of the molecule is N[C@H]1C(C(=O)O)[C@@H](NC(=O)Nc2cc(Cl)cc(Cl)c2)[C@]2(C(=O)O)C[C@H]12. The van der Waals surface area contributed by atoms with Crippen LogP contribution in [0.4, 0.5) is 10.5 Å². The number of rotatable bonds is 4. The van der Waals surface area contributed by atoms with Crippen LogP contribution in [0.25, 0.3) is 0 Å². The summed E-state index contributed by atoms with van der Waals surface area (Å²) in [5.74, 6) is -4.05. The molecule has 3 rings (SSSR count). The van der Waals surface area contributed by atoms with E-state index in [0.29, 0.717) is 15.7 Å². The molecule has 1 aromatic carbocycles. The number of benzene rings is 1. The van der Waals surface area contributed by atoms with Crippen molar-refractivity contribution in [3.8, 4) is 0 Å². The summed E-state index contributed by atoms with van der Waals surface area (Å²) in [7, 11) is 0. The summed E-state index contributed by atoms with van der Waals surface area (Å²) in [5.41, 5.74) is 4.85. The number of carbonyl (C=O) groups is 3. The third-order valence-electron chi connectivity index (χ3n) is 4.94. The van der Waals surface area contributed by atoms with Crippen molar-refractivity contribution < 1.29 is 24.6 Å². The van der Waals surface area contributed by atoms with Crippen LogP contribution in [0.2, 0.25) is 10.0 Å². The highest BCUT2D eigenvalue weighted by atomic mass is 35.5. The smallest absolute Gasteiger partial charge is 0.319 e. The zero-order chi connectivity index (χ0) is 18.5. The Morgan fingerprint density at radius 2 is 1.76 bits per heavy atom. The van der Waals surface area contributed by atoms with Gasteiger partial charge in [0.2, 0.25) is 0 Å². The van der Waals surface area contributed by atoms with Crippen LogP contribution in [0, 0.1) is 17.3 Å². The van der Waals surface area contributed by atoms with Gasteiger partial charge in [0.15, 0.2) is 0 Å². The molecule has 2 fully saturated rings. The molecule has 0 bridgehead atoms. The van der Waals surface area contributed by atoms with E-state index in [-0.39, 0.29) is 6.42 Å². The van der Waals surface area contributed by atoms with Crippen LogP contribution < -0.4 is 16.4 Å². The summed E-state index contributed by atoms with van der Waals surface area (Å²) in [5, 5.41) is 24.5. The standard InChI is InChI=1S/C15H15Cl2N3O5/c16-5-1-6(17)3-7(2-5)19-14(25)20-11-9(12(21)22)10(18)8-4-15(8,11)13(23)24/h1-3,8-11H,4,18H2,(H,21,22)(H,23,24)(H2,19,20,25)/t8-,9?,10-,11-,15+/m1/s1. The number of nitrogens with one attached hydrogen (secondary N) is 2. The molecule has 10 heteroatoms. The van der Waals surface area contributed by atoms with E-state index in [4.69, 9.17) is 28.9 Å². The Kier molecular flexibility index (Phi) is 4.30. The molecule has 5 atom stereocenters. The van der Waals surface area contributed by atoms with Gasteiger partial charge in [0.25, 0.3) is 0 Å². The van der Waals surface area contributed by atoms with E-state index in [9.17, 15) is 24.6 Å². The van der Waals surface area contributed by atoms with Gasteiger partial charge in [-0.1, -0.05) is 23.2 Å². The van der Waals surface area contributed by atoms with E-state index in [1.807, 2.05) is 0 Å². The lowest BCUT2D eigenvalue weighted by Gasteiger charge is -2.26. The molecule has 8 nitrogen and oxygen atoms in total. The van der Waals surface area contributed by atoms with Crippen molar-refractivity contribution in [1.82, 2.24) is 5.32 Å². The summed E-state index contributed by atoms with van der Waals surface area (Å²) in [6.45, 7) is 0. The molecule has 1 aromatic rings. The van der Waals surface area contributed by atoms with Gasteiger partial charge < -0.3 is 26.6 Å². The third kappa shape index (κ3) is 2.90. The predicted molar refractivity (Wildman–Crippen MR) is 89.7 cm³/mol. The first-order chi connectivity index (χ1) is 11.7. The summed E-state index contributed by atoms with van der Waals surface area (Å²) in [6.07, 6.45) is 0.237. The van der Waals surface area contributed by atoms with Gasteiger partial charge in [-0.2, -0.15) is 0 Å². The van der Waals surface area contributed by atoms with E-state index in [1.54, 1.807) is 0 Å². The van der Waals surface area contributed by atoms with Crippen LogP contribution in [-0.4, -0.2) is 40.3 Å². The minimum atomic E-state index is -1.34. The number of carboxylic acids is 2. The molecular weight excluding hydrogens is 373 g/mol. The Hall–Kier alpha value is -2.03. The van der Waals surface area contributed by atoms with Crippen LogP contribution in [0.3, 0.4) is 0 Å². The number of fused-ring (bicyclic) bond motifs is 1. The van der Waals surface area contributed by atoms with Gasteiger partial charge in [-0.05, 0) is 30.5 Å². The predicted octanol–water partition coefficient (Wildman–Crippen LogP) is 1.62. The van der Waals surface area contributed by atoms with Gasteiger partial charge in [0, 0.05) is 21.8 Å². The fraction of sp³-hybridized carbons (Fsp3) is 0.400. The Bertz CT molecular complexity index is 753. The normalized spacial score (nSPS) is 32.6. The molecule has 0 radical (unpaired) electrons. The first-order valence-corrected chi connectivity index (χ1v) is 8.18. The first kappa shape index (κ1) is 17.8. The van der Waals surface area contributed by atoms with Gasteiger partial charge in [0.05, 0.1) is 17.4 Å². The van der Waals surface area contributed by atoms with Gasteiger partial charge in [-0.3, -0.25) is 9.59 Å². The van der Waals surface area contributed by atoms with Crippen LogP contribution in [-0.2, 0) is 9.59 Å². The van der Waals surface area contributed by atoms with E-state index < -0.39 is 47.3 Å². The van der Waals surface area contributed by atoms with Gasteiger partial charge in [0.1, 0.15) is 0 Å². The Labute approximate surface area is 152 Å². The second-order valence-electron chi connectivity index (χ2n) is 6.33. The zero-order valence-electron chi connectivity index (χ0n) is 12.7. The summed E-state index contributed by atoms with van der Waals surface area (Å²) in [6, 6.07) is 1.69. The molecule has 2 amide bonds. The van der Waals surface area contributed by atoms with Crippen LogP contribution in [0.5, 0.6) is 0 Å². The summed E-state index contributed by atoms with van der Waals surface area (Å²) in [4.78, 5) is 35.4. The van der Waals surface area contributed by atoms with Gasteiger partial charge >= 0.3 is 18.0 Å². The average Bonchev–Trinajstić information content (AvgIpc) is 3.16. The van der Waals surface area contributed by atoms with Crippen molar-refractivity contribution >= 4 is 46.9 Å².